The smallest absolute Gasteiger partial charge is 0.355 e. The van der Waals surface area contributed by atoms with Crippen LogP contribution in [-0.2, 0) is 11.2 Å². The third-order valence-corrected chi connectivity index (χ3v) is 8.62. The molecule has 0 bridgehead atoms. The van der Waals surface area contributed by atoms with Crippen LogP contribution < -0.4 is 0 Å². The Morgan fingerprint density at radius 2 is 1.36 bits per heavy atom. The van der Waals surface area contributed by atoms with Crippen LogP contribution in [-0.4, -0.2) is 22.1 Å². The number of carbonyl (C=O) groups excluding carboxylic acids is 1. The number of nitrogens with one attached hydrogen (secondary N) is 1. The molecule has 0 fully saturated rings. The van der Waals surface area contributed by atoms with E-state index in [1.807, 2.05) is 6.92 Å². The molecule has 2 aromatic heterocycles. The molecule has 36 heavy (non-hydrogen) atoms. The first kappa shape index (κ1) is 28.6. The van der Waals surface area contributed by atoms with Gasteiger partial charge in [-0.1, -0.05) is 90.4 Å². The molecule has 1 aliphatic heterocycles. The first-order valence-electron chi connectivity index (χ1n) is 15.0. The Hall–Kier alpha value is -1.97. The van der Waals surface area contributed by atoms with Gasteiger partial charge in [0.2, 0.25) is 0 Å². The first-order valence-corrected chi connectivity index (χ1v) is 15.0. The van der Waals surface area contributed by atoms with Crippen LogP contribution in [0.4, 0.5) is 0 Å². The monoisotopic (exact) mass is 496 g/mol. The third-order valence-electron chi connectivity index (χ3n) is 8.62. The zero-order chi connectivity index (χ0) is 26.1. The van der Waals surface area contributed by atoms with Gasteiger partial charge in [0.15, 0.2) is 0 Å². The van der Waals surface area contributed by atoms with Crippen molar-refractivity contribution in [3.8, 4) is 0 Å². The SMILES string of the molecule is CCCCCCCCCCCCCCCC1c2c([nH]c(C(=O)OCC)c2C)Cc2c(C)c(C)c(C)n21. The summed E-state index contributed by atoms with van der Waals surface area (Å²) < 4.78 is 7.94. The predicted molar refractivity (Wildman–Crippen MR) is 151 cm³/mol. The molecule has 0 amide bonds. The van der Waals surface area contributed by atoms with Gasteiger partial charge in [0.05, 0.1) is 12.6 Å². The molecule has 0 spiro atoms. The molecule has 0 aliphatic carbocycles. The van der Waals surface area contributed by atoms with Gasteiger partial charge >= 0.3 is 5.97 Å². The highest BCUT2D eigenvalue weighted by molar-refractivity contribution is 5.90. The topological polar surface area (TPSA) is 47.0 Å². The Morgan fingerprint density at radius 3 is 1.92 bits per heavy atom. The van der Waals surface area contributed by atoms with Gasteiger partial charge in [-0.3, -0.25) is 0 Å². The number of hydrogen-bond acceptors (Lipinski definition) is 2. The summed E-state index contributed by atoms with van der Waals surface area (Å²) >= 11 is 0. The fourth-order valence-electron chi connectivity index (χ4n) is 6.29. The van der Waals surface area contributed by atoms with Crippen molar-refractivity contribution in [3.05, 3.63) is 45.0 Å². The van der Waals surface area contributed by atoms with Crippen LogP contribution in [0.5, 0.6) is 0 Å². The summed E-state index contributed by atoms with van der Waals surface area (Å²) in [5.74, 6) is -0.224. The van der Waals surface area contributed by atoms with Crippen molar-refractivity contribution in [2.45, 2.75) is 144 Å². The lowest BCUT2D eigenvalue weighted by Crippen LogP contribution is -2.22. The molecule has 0 saturated heterocycles. The predicted octanol–water partition coefficient (Wildman–Crippen LogP) is 9.20. The van der Waals surface area contributed by atoms with E-state index in [-0.39, 0.29) is 5.97 Å². The minimum Gasteiger partial charge on any atom is -0.461 e. The van der Waals surface area contributed by atoms with Crippen molar-refractivity contribution < 1.29 is 9.53 Å². The summed E-state index contributed by atoms with van der Waals surface area (Å²) in [7, 11) is 0. The molecule has 3 rings (SSSR count). The Kier molecular flexibility index (Phi) is 11.2. The number of carbonyl (C=O) groups is 1. The van der Waals surface area contributed by atoms with Gasteiger partial charge in [0.1, 0.15) is 5.69 Å². The Labute approximate surface area is 220 Å². The van der Waals surface area contributed by atoms with Gasteiger partial charge in [0, 0.05) is 23.5 Å². The van der Waals surface area contributed by atoms with Crippen LogP contribution in [0.2, 0.25) is 0 Å². The summed E-state index contributed by atoms with van der Waals surface area (Å²) in [4.78, 5) is 16.1. The minimum atomic E-state index is -0.224. The second-order valence-electron chi connectivity index (χ2n) is 11.1. The van der Waals surface area contributed by atoms with Gasteiger partial charge < -0.3 is 14.3 Å². The maximum absolute atomic E-state index is 12.6. The number of aromatic amines is 1. The highest BCUT2D eigenvalue weighted by atomic mass is 16.5. The second kappa shape index (κ2) is 14.1. The lowest BCUT2D eigenvalue weighted by molar-refractivity contribution is 0.0519. The second-order valence-corrected chi connectivity index (χ2v) is 11.1. The summed E-state index contributed by atoms with van der Waals surface area (Å²) in [6.45, 7) is 13.4. The molecule has 2 aromatic rings. The summed E-state index contributed by atoms with van der Waals surface area (Å²) in [5.41, 5.74) is 9.88. The maximum atomic E-state index is 12.6. The standard InChI is InChI=1S/C32H52N2O2/c1-7-9-10-11-12-13-14-15-16-17-18-19-20-21-28-30-25(5)31(32(35)36-8-2)33-27(30)22-29-24(4)23(3)26(6)34(28)29/h28,33H,7-22H2,1-6H3. The number of fused-ring (bicyclic) bond motifs is 2. The summed E-state index contributed by atoms with van der Waals surface area (Å²) in [6.07, 6.45) is 19.9. The van der Waals surface area contributed by atoms with Crippen LogP contribution in [0.25, 0.3) is 0 Å². The number of rotatable bonds is 16. The van der Waals surface area contributed by atoms with Crippen LogP contribution in [0.3, 0.4) is 0 Å². The van der Waals surface area contributed by atoms with Gasteiger partial charge in [-0.05, 0) is 63.3 Å². The van der Waals surface area contributed by atoms with Crippen LogP contribution >= 0.6 is 0 Å². The molecule has 1 N–H and O–H groups in total. The number of aromatic nitrogens is 2. The van der Waals surface area contributed by atoms with Crippen molar-refractivity contribution in [1.82, 2.24) is 9.55 Å². The summed E-state index contributed by atoms with van der Waals surface area (Å²) in [6, 6.07) is 0.309. The van der Waals surface area contributed by atoms with E-state index >= 15 is 0 Å². The summed E-state index contributed by atoms with van der Waals surface area (Å²) in [5, 5.41) is 0. The fraction of sp³-hybridized carbons (Fsp3) is 0.719. The van der Waals surface area contributed by atoms with Crippen molar-refractivity contribution in [2.75, 3.05) is 6.61 Å². The average Bonchev–Trinajstić information content (AvgIpc) is 3.31. The molecule has 3 heterocycles. The van der Waals surface area contributed by atoms with Gasteiger partial charge in [-0.25, -0.2) is 4.79 Å². The van der Waals surface area contributed by atoms with Crippen molar-refractivity contribution in [2.24, 2.45) is 0 Å². The van der Waals surface area contributed by atoms with E-state index < -0.39 is 0 Å². The van der Waals surface area contributed by atoms with Crippen molar-refractivity contribution in [1.29, 1.82) is 0 Å². The number of hydrogen-bond donors (Lipinski definition) is 1. The molecule has 0 aromatic carbocycles. The zero-order valence-corrected chi connectivity index (χ0v) is 24.2. The van der Waals surface area contributed by atoms with E-state index in [4.69, 9.17) is 4.74 Å². The van der Waals surface area contributed by atoms with Gasteiger partial charge in [0.25, 0.3) is 0 Å². The van der Waals surface area contributed by atoms with Crippen LogP contribution in [0, 0.1) is 27.7 Å². The van der Waals surface area contributed by atoms with Crippen LogP contribution in [0.1, 0.15) is 160 Å². The minimum absolute atomic E-state index is 0.224. The molecule has 4 nitrogen and oxygen atoms in total. The molecule has 0 radical (unpaired) electrons. The third kappa shape index (κ3) is 6.66. The zero-order valence-electron chi connectivity index (χ0n) is 24.2. The normalized spacial score (nSPS) is 14.7. The molecule has 202 valence electrons. The number of H-pyrrole nitrogens is 1. The Morgan fingerprint density at radius 1 is 0.806 bits per heavy atom. The average molecular weight is 497 g/mol. The number of ether oxygens (including phenoxy) is 1. The highest BCUT2D eigenvalue weighted by Gasteiger charge is 2.33. The van der Waals surface area contributed by atoms with Crippen LogP contribution in [0.15, 0.2) is 0 Å². The molecule has 1 unspecified atom stereocenters. The van der Waals surface area contributed by atoms with E-state index in [0.717, 1.165) is 18.4 Å². The molecule has 0 saturated carbocycles. The lowest BCUT2D eigenvalue weighted by Gasteiger charge is -2.30. The molecule has 4 heteroatoms. The quantitative estimate of drug-likeness (QED) is 0.186. The van der Waals surface area contributed by atoms with Crippen molar-refractivity contribution >= 4 is 5.97 Å². The Balaban J connectivity index is 1.54. The Bertz CT molecular complexity index is 981. The van der Waals surface area contributed by atoms with Crippen molar-refractivity contribution in [3.63, 3.8) is 0 Å². The number of unbranched alkanes of at least 4 members (excludes halogenated alkanes) is 12. The first-order chi connectivity index (χ1) is 17.4. The highest BCUT2D eigenvalue weighted by Crippen LogP contribution is 2.41. The maximum Gasteiger partial charge on any atom is 0.355 e. The molecule has 1 aliphatic rings. The molecular weight excluding hydrogens is 444 g/mol. The van der Waals surface area contributed by atoms with E-state index in [9.17, 15) is 4.79 Å². The number of nitrogens with zero attached hydrogens (tertiary/aromatic N) is 1. The van der Waals surface area contributed by atoms with E-state index in [1.54, 1.807) is 0 Å². The van der Waals surface area contributed by atoms with Gasteiger partial charge in [-0.15, -0.1) is 0 Å². The lowest BCUT2D eigenvalue weighted by atomic mass is 9.91. The van der Waals surface area contributed by atoms with E-state index in [1.165, 1.54) is 117 Å². The largest absolute Gasteiger partial charge is 0.461 e. The molecular formula is C32H52N2O2. The van der Waals surface area contributed by atoms with E-state index in [2.05, 4.69) is 44.2 Å². The van der Waals surface area contributed by atoms with E-state index in [0.29, 0.717) is 18.3 Å². The molecule has 1 atom stereocenters. The fourth-order valence-corrected chi connectivity index (χ4v) is 6.29. The van der Waals surface area contributed by atoms with Gasteiger partial charge in [-0.2, -0.15) is 0 Å². The number of esters is 1.